The molecule has 2 atom stereocenters. The highest BCUT2D eigenvalue weighted by atomic mass is 15.5. The zero-order chi connectivity index (χ0) is 23.1. The van der Waals surface area contributed by atoms with Crippen LogP contribution < -0.4 is 0 Å². The van der Waals surface area contributed by atoms with Crippen LogP contribution in [0, 0.1) is 11.8 Å². The largest absolute Gasteiger partial charge is 0.290 e. The Bertz CT molecular complexity index is 503. The van der Waals surface area contributed by atoms with Crippen molar-refractivity contribution in [1.82, 2.24) is 5.01 Å². The molecule has 0 bridgehead atoms. The summed E-state index contributed by atoms with van der Waals surface area (Å²) in [6.07, 6.45) is 34.2. The summed E-state index contributed by atoms with van der Waals surface area (Å²) in [6.45, 7) is 4.86. The highest BCUT2D eigenvalue weighted by molar-refractivity contribution is 5.90. The summed E-state index contributed by atoms with van der Waals surface area (Å²) in [5.41, 5.74) is 1.65. The van der Waals surface area contributed by atoms with E-state index in [1.54, 1.807) is 5.71 Å². The first kappa shape index (κ1) is 27.1. The van der Waals surface area contributed by atoms with E-state index in [1.165, 1.54) is 154 Å². The predicted molar refractivity (Wildman–Crippen MR) is 146 cm³/mol. The molecule has 0 aromatic heterocycles. The van der Waals surface area contributed by atoms with Gasteiger partial charge in [-0.3, -0.25) is 5.01 Å². The summed E-state index contributed by atoms with van der Waals surface area (Å²) in [6, 6.07) is 1.39. The number of rotatable bonds is 5. The van der Waals surface area contributed by atoms with Gasteiger partial charge in [0.2, 0.25) is 0 Å². The van der Waals surface area contributed by atoms with Gasteiger partial charge in [-0.2, -0.15) is 5.10 Å². The number of nitrogens with zero attached hydrogens (tertiary/aromatic N) is 2. The van der Waals surface area contributed by atoms with E-state index < -0.39 is 0 Å². The monoisotopic (exact) mass is 458 g/mol. The van der Waals surface area contributed by atoms with Crippen LogP contribution in [0.5, 0.6) is 0 Å². The Morgan fingerprint density at radius 2 is 1.03 bits per heavy atom. The molecule has 0 saturated heterocycles. The van der Waals surface area contributed by atoms with Crippen LogP contribution >= 0.6 is 0 Å². The summed E-state index contributed by atoms with van der Waals surface area (Å²) < 4.78 is 0. The van der Waals surface area contributed by atoms with E-state index in [2.05, 4.69) is 18.9 Å². The Kier molecular flexibility index (Phi) is 13.3. The molecule has 192 valence electrons. The third-order valence-electron chi connectivity index (χ3n) is 9.16. The van der Waals surface area contributed by atoms with Crippen molar-refractivity contribution >= 4 is 5.71 Å². The van der Waals surface area contributed by atoms with Gasteiger partial charge in [0.1, 0.15) is 0 Å². The second-order valence-electron chi connectivity index (χ2n) is 11.8. The van der Waals surface area contributed by atoms with E-state index in [-0.39, 0.29) is 0 Å². The minimum atomic E-state index is 0.686. The van der Waals surface area contributed by atoms with E-state index in [9.17, 15) is 0 Å². The molecule has 0 N–H and O–H groups in total. The summed E-state index contributed by atoms with van der Waals surface area (Å²) in [5.74, 6) is 1.49. The third kappa shape index (κ3) is 8.88. The van der Waals surface area contributed by atoms with Gasteiger partial charge in [0.05, 0.1) is 6.04 Å². The van der Waals surface area contributed by atoms with Crippen molar-refractivity contribution in [1.29, 1.82) is 0 Å². The van der Waals surface area contributed by atoms with Gasteiger partial charge >= 0.3 is 0 Å². The molecule has 0 amide bonds. The maximum Gasteiger partial charge on any atom is 0.0554 e. The summed E-state index contributed by atoms with van der Waals surface area (Å²) >= 11 is 0. The summed E-state index contributed by atoms with van der Waals surface area (Å²) in [4.78, 5) is 0. The van der Waals surface area contributed by atoms with Crippen molar-refractivity contribution in [2.24, 2.45) is 16.9 Å². The zero-order valence-corrected chi connectivity index (χ0v) is 22.7. The highest BCUT2D eigenvalue weighted by Crippen LogP contribution is 2.38. The van der Waals surface area contributed by atoms with Crippen molar-refractivity contribution in [3.05, 3.63) is 0 Å². The van der Waals surface area contributed by atoms with Crippen LogP contribution in [-0.2, 0) is 0 Å². The van der Waals surface area contributed by atoms with Crippen molar-refractivity contribution in [2.75, 3.05) is 0 Å². The van der Waals surface area contributed by atoms with Gasteiger partial charge in [0.15, 0.2) is 0 Å². The summed E-state index contributed by atoms with van der Waals surface area (Å²) in [5, 5.41) is 8.40. The molecule has 2 fully saturated rings. The van der Waals surface area contributed by atoms with E-state index in [4.69, 9.17) is 5.10 Å². The smallest absolute Gasteiger partial charge is 0.0554 e. The minimum absolute atomic E-state index is 0.686. The molecular weight excluding hydrogens is 400 g/mol. The van der Waals surface area contributed by atoms with Crippen LogP contribution in [0.1, 0.15) is 168 Å². The molecule has 3 rings (SSSR count). The first-order valence-electron chi connectivity index (χ1n) is 15.7. The van der Waals surface area contributed by atoms with Crippen molar-refractivity contribution < 1.29 is 0 Å². The Labute approximate surface area is 207 Å². The lowest BCUT2D eigenvalue weighted by Gasteiger charge is -2.35. The highest BCUT2D eigenvalue weighted by Gasteiger charge is 2.40. The van der Waals surface area contributed by atoms with Crippen molar-refractivity contribution in [2.45, 2.75) is 180 Å². The molecule has 2 nitrogen and oxygen atoms in total. The second-order valence-corrected chi connectivity index (χ2v) is 11.8. The molecule has 1 heterocycles. The normalized spacial score (nSPS) is 29.0. The average molecular weight is 459 g/mol. The van der Waals surface area contributed by atoms with Gasteiger partial charge in [-0.05, 0) is 44.4 Å². The van der Waals surface area contributed by atoms with E-state index in [0.29, 0.717) is 12.1 Å². The van der Waals surface area contributed by atoms with Gasteiger partial charge in [-0.1, -0.05) is 129 Å². The number of hydrazone groups is 1. The van der Waals surface area contributed by atoms with Crippen molar-refractivity contribution in [3.63, 3.8) is 0 Å². The topological polar surface area (TPSA) is 15.6 Å². The standard InChI is InChI=1S/C31H58N2/c1-3-22-30-29(4-2)31(27-23-18-14-10-8-9-11-15-19-24-27)32-33(30)28-25-20-16-12-6-5-7-13-17-21-26-28/h27-30H,3-26H2,1-2H3. The van der Waals surface area contributed by atoms with Gasteiger partial charge in [-0.15, -0.1) is 0 Å². The molecule has 2 unspecified atom stereocenters. The van der Waals surface area contributed by atoms with Crippen LogP contribution in [0.3, 0.4) is 0 Å². The molecule has 0 aromatic carbocycles. The lowest BCUT2D eigenvalue weighted by molar-refractivity contribution is 0.111. The van der Waals surface area contributed by atoms with Crippen LogP contribution in [0.25, 0.3) is 0 Å². The first-order valence-corrected chi connectivity index (χ1v) is 15.7. The molecule has 0 spiro atoms. The average Bonchev–Trinajstić information content (AvgIpc) is 3.14. The Morgan fingerprint density at radius 1 is 0.606 bits per heavy atom. The number of hydrogen-bond donors (Lipinski definition) is 0. The molecular formula is C31H58N2. The van der Waals surface area contributed by atoms with E-state index in [1.807, 2.05) is 0 Å². The van der Waals surface area contributed by atoms with Crippen LogP contribution in [0.15, 0.2) is 5.10 Å². The molecule has 2 aliphatic carbocycles. The van der Waals surface area contributed by atoms with Gasteiger partial charge in [0.25, 0.3) is 0 Å². The van der Waals surface area contributed by atoms with E-state index in [0.717, 1.165) is 11.8 Å². The zero-order valence-electron chi connectivity index (χ0n) is 22.7. The molecule has 33 heavy (non-hydrogen) atoms. The molecule has 2 heteroatoms. The lowest BCUT2D eigenvalue weighted by Crippen LogP contribution is -2.40. The van der Waals surface area contributed by atoms with E-state index >= 15 is 0 Å². The first-order chi connectivity index (χ1) is 16.3. The van der Waals surface area contributed by atoms with Gasteiger partial charge < -0.3 is 0 Å². The fourth-order valence-electron chi connectivity index (χ4n) is 7.20. The van der Waals surface area contributed by atoms with Crippen LogP contribution in [0.4, 0.5) is 0 Å². The Hall–Kier alpha value is -0.530. The maximum atomic E-state index is 5.66. The SMILES string of the molecule is CCCC1C(CC)C(C2CCCCCCCCCC2)=NN1C1CCCCCCCCCCC1. The molecule has 0 radical (unpaired) electrons. The molecule has 3 aliphatic rings. The summed E-state index contributed by atoms with van der Waals surface area (Å²) in [7, 11) is 0. The quantitative estimate of drug-likeness (QED) is 0.400. The van der Waals surface area contributed by atoms with Crippen LogP contribution in [0.2, 0.25) is 0 Å². The van der Waals surface area contributed by atoms with Crippen LogP contribution in [-0.4, -0.2) is 22.8 Å². The maximum absolute atomic E-state index is 5.66. The van der Waals surface area contributed by atoms with Crippen molar-refractivity contribution in [3.8, 4) is 0 Å². The van der Waals surface area contributed by atoms with Gasteiger partial charge in [-0.25, -0.2) is 0 Å². The lowest BCUT2D eigenvalue weighted by atomic mass is 9.79. The van der Waals surface area contributed by atoms with Gasteiger partial charge in [0, 0.05) is 17.7 Å². The molecule has 0 aromatic rings. The second kappa shape index (κ2) is 16.2. The predicted octanol–water partition coefficient (Wildman–Crippen LogP) is 10.1. The fourth-order valence-corrected chi connectivity index (χ4v) is 7.20. The third-order valence-corrected chi connectivity index (χ3v) is 9.16. The number of hydrogen-bond acceptors (Lipinski definition) is 2. The molecule has 2 saturated carbocycles. The fraction of sp³-hybridized carbons (Fsp3) is 0.968. The minimum Gasteiger partial charge on any atom is -0.290 e. The Balaban J connectivity index is 1.75. The Morgan fingerprint density at radius 3 is 1.45 bits per heavy atom. The molecule has 1 aliphatic heterocycles.